The van der Waals surface area contributed by atoms with Gasteiger partial charge in [0, 0.05) is 17.9 Å². The van der Waals surface area contributed by atoms with Crippen LogP contribution in [0.4, 0.5) is 5.69 Å². The van der Waals surface area contributed by atoms with Crippen molar-refractivity contribution in [1.29, 1.82) is 0 Å². The molecule has 2 aliphatic carbocycles. The minimum Gasteiger partial charge on any atom is -0.345 e. The summed E-state index contributed by atoms with van der Waals surface area (Å²) >= 11 is 0. The third-order valence-electron chi connectivity index (χ3n) is 8.82. The molecule has 1 heterocycles. The number of aromatic nitrogens is 4. The Bertz CT molecular complexity index is 1200. The van der Waals surface area contributed by atoms with E-state index in [2.05, 4.69) is 76.6 Å². The summed E-state index contributed by atoms with van der Waals surface area (Å²) in [6, 6.07) is 15.8. The fourth-order valence-electron chi connectivity index (χ4n) is 6.53. The highest BCUT2D eigenvalue weighted by molar-refractivity contribution is 5.57. The Morgan fingerprint density at radius 1 is 0.973 bits per heavy atom. The molecule has 2 aliphatic rings. The Morgan fingerprint density at radius 3 is 2.43 bits per heavy atom. The zero-order chi connectivity index (χ0) is 25.8. The summed E-state index contributed by atoms with van der Waals surface area (Å²) in [5, 5.41) is 12.7. The average Bonchev–Trinajstić information content (AvgIpc) is 3.38. The molecule has 2 fully saturated rings. The van der Waals surface area contributed by atoms with Crippen LogP contribution in [0.5, 0.6) is 0 Å². The van der Waals surface area contributed by atoms with Gasteiger partial charge in [0.05, 0.1) is 5.69 Å². The van der Waals surface area contributed by atoms with Crippen LogP contribution in [0.2, 0.25) is 0 Å². The van der Waals surface area contributed by atoms with Crippen molar-refractivity contribution in [2.75, 3.05) is 11.4 Å². The molecule has 0 aliphatic heterocycles. The molecule has 0 radical (unpaired) electrons. The number of rotatable bonds is 8. The quantitative estimate of drug-likeness (QED) is 0.320. The van der Waals surface area contributed by atoms with Crippen LogP contribution in [0.3, 0.4) is 0 Å². The van der Waals surface area contributed by atoms with Gasteiger partial charge in [-0.05, 0) is 117 Å². The van der Waals surface area contributed by atoms with Gasteiger partial charge < -0.3 is 4.90 Å². The van der Waals surface area contributed by atoms with E-state index in [-0.39, 0.29) is 0 Å². The number of anilines is 1. The highest BCUT2D eigenvalue weighted by Crippen LogP contribution is 2.39. The maximum absolute atomic E-state index is 4.69. The first-order valence-corrected chi connectivity index (χ1v) is 14.4. The topological polar surface area (TPSA) is 46.8 Å². The normalized spacial score (nSPS) is 20.6. The molecule has 0 bridgehead atoms. The summed E-state index contributed by atoms with van der Waals surface area (Å²) < 4.78 is 0. The monoisotopic (exact) mass is 497 g/mol. The van der Waals surface area contributed by atoms with Crippen LogP contribution >= 0.6 is 0 Å². The van der Waals surface area contributed by atoms with Crippen LogP contribution < -0.4 is 4.90 Å². The number of hydrogen-bond acceptors (Lipinski definition) is 4. The van der Waals surface area contributed by atoms with Crippen molar-refractivity contribution in [2.24, 2.45) is 11.8 Å². The van der Waals surface area contributed by atoms with Crippen molar-refractivity contribution >= 4 is 5.69 Å². The second-order valence-corrected chi connectivity index (χ2v) is 11.3. The molecule has 3 aromatic rings. The molecule has 196 valence electrons. The van der Waals surface area contributed by atoms with E-state index in [0.717, 1.165) is 18.7 Å². The van der Waals surface area contributed by atoms with Gasteiger partial charge in [-0.1, -0.05) is 57.0 Å². The molecule has 0 spiro atoms. The van der Waals surface area contributed by atoms with E-state index in [1.54, 1.807) is 10.4 Å². The fourth-order valence-corrected chi connectivity index (χ4v) is 6.53. The van der Waals surface area contributed by atoms with E-state index >= 15 is 0 Å². The SMILES string of the molecule is C=C(C1CCCCC1)N(CC1CCC(c2ccc(CC)c(C)c2)CC1)c1cccc(-n2nnc(C)n2)c1. The Hall–Kier alpha value is -2.95. The third kappa shape index (κ3) is 5.97. The Morgan fingerprint density at radius 2 is 1.76 bits per heavy atom. The summed E-state index contributed by atoms with van der Waals surface area (Å²) in [6.45, 7) is 12.1. The van der Waals surface area contributed by atoms with Gasteiger partial charge in [-0.2, -0.15) is 0 Å². The van der Waals surface area contributed by atoms with E-state index in [9.17, 15) is 0 Å². The molecule has 5 heteroatoms. The molecule has 5 rings (SSSR count). The maximum Gasteiger partial charge on any atom is 0.172 e. The number of allylic oxidation sites excluding steroid dienone is 1. The number of nitrogens with zero attached hydrogens (tertiary/aromatic N) is 5. The van der Waals surface area contributed by atoms with E-state index in [1.807, 2.05) is 6.92 Å². The number of aryl methyl sites for hydroxylation is 3. The molecule has 2 aromatic carbocycles. The van der Waals surface area contributed by atoms with Crippen LogP contribution in [0.25, 0.3) is 5.69 Å². The molecule has 1 aromatic heterocycles. The van der Waals surface area contributed by atoms with Crippen molar-refractivity contribution < 1.29 is 0 Å². The molecule has 0 saturated heterocycles. The molecular weight excluding hydrogens is 454 g/mol. The smallest absolute Gasteiger partial charge is 0.172 e. The first-order valence-electron chi connectivity index (χ1n) is 14.4. The third-order valence-corrected chi connectivity index (χ3v) is 8.82. The lowest BCUT2D eigenvalue weighted by Gasteiger charge is -2.38. The molecule has 37 heavy (non-hydrogen) atoms. The van der Waals surface area contributed by atoms with Gasteiger partial charge in [0.2, 0.25) is 0 Å². The van der Waals surface area contributed by atoms with Crippen LogP contribution in [0.15, 0.2) is 54.7 Å². The fraction of sp³-hybridized carbons (Fsp3) is 0.531. The summed E-state index contributed by atoms with van der Waals surface area (Å²) in [4.78, 5) is 4.17. The molecule has 0 amide bonds. The van der Waals surface area contributed by atoms with E-state index in [4.69, 9.17) is 6.58 Å². The van der Waals surface area contributed by atoms with Crippen LogP contribution in [0, 0.1) is 25.7 Å². The van der Waals surface area contributed by atoms with Gasteiger partial charge in [-0.3, -0.25) is 0 Å². The average molecular weight is 498 g/mol. The van der Waals surface area contributed by atoms with Crippen molar-refractivity contribution in [3.05, 3.63) is 77.3 Å². The molecule has 5 nitrogen and oxygen atoms in total. The Balaban J connectivity index is 1.32. The maximum atomic E-state index is 4.69. The van der Waals surface area contributed by atoms with E-state index in [1.165, 1.54) is 80.3 Å². The van der Waals surface area contributed by atoms with Gasteiger partial charge in [-0.15, -0.1) is 15.0 Å². The van der Waals surface area contributed by atoms with Crippen molar-refractivity contribution in [1.82, 2.24) is 20.2 Å². The van der Waals surface area contributed by atoms with Gasteiger partial charge in [0.1, 0.15) is 0 Å². The van der Waals surface area contributed by atoms with E-state index < -0.39 is 0 Å². The first kappa shape index (κ1) is 25.7. The molecule has 0 unspecified atom stereocenters. The molecule has 2 saturated carbocycles. The predicted molar refractivity (Wildman–Crippen MR) is 152 cm³/mol. The Labute approximate surface area is 223 Å². The zero-order valence-electron chi connectivity index (χ0n) is 23.0. The van der Waals surface area contributed by atoms with Gasteiger partial charge in [-0.25, -0.2) is 0 Å². The summed E-state index contributed by atoms with van der Waals surface area (Å²) in [5.74, 6) is 2.65. The van der Waals surface area contributed by atoms with Crippen molar-refractivity contribution in [2.45, 2.75) is 90.9 Å². The van der Waals surface area contributed by atoms with Crippen molar-refractivity contribution in [3.8, 4) is 5.69 Å². The van der Waals surface area contributed by atoms with E-state index in [0.29, 0.717) is 23.6 Å². The van der Waals surface area contributed by atoms with Gasteiger partial charge >= 0.3 is 0 Å². The number of benzene rings is 2. The second kappa shape index (κ2) is 11.6. The lowest BCUT2D eigenvalue weighted by molar-refractivity contribution is 0.323. The molecule has 0 atom stereocenters. The van der Waals surface area contributed by atoms with Crippen molar-refractivity contribution in [3.63, 3.8) is 0 Å². The molecule has 0 N–H and O–H groups in total. The van der Waals surface area contributed by atoms with Crippen LogP contribution in [-0.4, -0.2) is 26.8 Å². The summed E-state index contributed by atoms with van der Waals surface area (Å²) in [6.07, 6.45) is 12.8. The number of hydrogen-bond donors (Lipinski definition) is 0. The largest absolute Gasteiger partial charge is 0.345 e. The summed E-state index contributed by atoms with van der Waals surface area (Å²) in [7, 11) is 0. The highest BCUT2D eigenvalue weighted by atomic mass is 15.6. The zero-order valence-corrected chi connectivity index (χ0v) is 23.0. The standard InChI is InChI=1S/C32H43N5/c1-5-27-18-19-30(20-23(27)2)29-16-14-26(15-17-29)22-36(24(3)28-10-7-6-8-11-28)31-12-9-13-32(21-31)37-34-25(4)33-35-37/h9,12-13,18-21,26,28-29H,3,5-8,10-11,14-17,22H2,1-2,4H3. The second-order valence-electron chi connectivity index (χ2n) is 11.3. The van der Waals surface area contributed by atoms with Gasteiger partial charge in [0.25, 0.3) is 0 Å². The lowest BCUT2D eigenvalue weighted by atomic mass is 9.77. The number of tetrazole rings is 1. The summed E-state index contributed by atoms with van der Waals surface area (Å²) in [5.41, 5.74) is 7.93. The Kier molecular flexibility index (Phi) is 8.07. The highest BCUT2D eigenvalue weighted by Gasteiger charge is 2.28. The van der Waals surface area contributed by atoms with Crippen LogP contribution in [0.1, 0.15) is 93.1 Å². The minimum atomic E-state index is 0.584. The van der Waals surface area contributed by atoms with Crippen LogP contribution in [-0.2, 0) is 6.42 Å². The minimum absolute atomic E-state index is 0.584. The lowest BCUT2D eigenvalue weighted by Crippen LogP contribution is -2.34. The molecular formula is C32H43N5. The van der Waals surface area contributed by atoms with Gasteiger partial charge in [0.15, 0.2) is 5.82 Å². The predicted octanol–water partition coefficient (Wildman–Crippen LogP) is 7.72. The first-order chi connectivity index (χ1) is 18.0.